The van der Waals surface area contributed by atoms with Gasteiger partial charge in [-0.25, -0.2) is 4.79 Å². The number of hydrogen-bond acceptors (Lipinski definition) is 5. The zero-order chi connectivity index (χ0) is 16.5. The van der Waals surface area contributed by atoms with Crippen molar-refractivity contribution in [3.63, 3.8) is 0 Å². The largest absolute Gasteiger partial charge is 0.465 e. The summed E-state index contributed by atoms with van der Waals surface area (Å²) >= 11 is 0. The summed E-state index contributed by atoms with van der Waals surface area (Å²) in [6.45, 7) is 1.04. The van der Waals surface area contributed by atoms with Gasteiger partial charge in [0, 0.05) is 13.2 Å². The van der Waals surface area contributed by atoms with Gasteiger partial charge in [0.15, 0.2) is 0 Å². The van der Waals surface area contributed by atoms with Gasteiger partial charge in [0.1, 0.15) is 0 Å². The molecule has 0 radical (unpaired) electrons. The maximum absolute atomic E-state index is 12.6. The summed E-state index contributed by atoms with van der Waals surface area (Å²) in [4.78, 5) is 24.1. The maximum atomic E-state index is 12.6. The molecular weight excluding hydrogens is 296 g/mol. The number of carbonyl (C=O) groups is 2. The average Bonchev–Trinajstić information content (AvgIpc) is 3.35. The normalized spacial score (nSPS) is 21.3. The van der Waals surface area contributed by atoms with Gasteiger partial charge in [-0.15, -0.1) is 0 Å². The van der Waals surface area contributed by atoms with Crippen LogP contribution in [-0.2, 0) is 19.8 Å². The molecule has 0 spiro atoms. The molecule has 2 aliphatic rings. The lowest BCUT2D eigenvalue weighted by Gasteiger charge is -2.33. The Morgan fingerprint density at radius 3 is 2.26 bits per heavy atom. The highest BCUT2D eigenvalue weighted by molar-refractivity contribution is 5.89. The van der Waals surface area contributed by atoms with Crippen molar-refractivity contribution in [1.82, 2.24) is 5.32 Å². The average molecular weight is 318 g/mol. The number of rotatable bonds is 4. The molecule has 3 N–H and O–H groups in total. The molecule has 2 fully saturated rings. The fraction of sp³-hybridized carbons (Fsp3) is 0.529. The Bertz CT molecular complexity index is 602. The first-order chi connectivity index (χ1) is 11.0. The van der Waals surface area contributed by atoms with Gasteiger partial charge in [0.05, 0.1) is 23.8 Å². The van der Waals surface area contributed by atoms with Crippen molar-refractivity contribution in [3.8, 4) is 0 Å². The second-order valence-electron chi connectivity index (χ2n) is 6.37. The van der Waals surface area contributed by atoms with Gasteiger partial charge in [0.2, 0.25) is 5.91 Å². The molecule has 0 bridgehead atoms. The number of nitrogens with two attached hydrogens (primary N) is 1. The molecule has 1 heterocycles. The maximum Gasteiger partial charge on any atom is 0.337 e. The lowest BCUT2D eigenvalue weighted by Crippen LogP contribution is -2.58. The molecule has 6 heteroatoms. The molecule has 0 aromatic heterocycles. The molecular formula is C17H22N2O4. The zero-order valence-electron chi connectivity index (χ0n) is 13.3. The van der Waals surface area contributed by atoms with E-state index in [0.717, 1.165) is 18.4 Å². The van der Waals surface area contributed by atoms with Gasteiger partial charge in [-0.2, -0.15) is 0 Å². The van der Waals surface area contributed by atoms with Crippen LogP contribution < -0.4 is 11.1 Å². The van der Waals surface area contributed by atoms with Crippen LogP contribution in [0.2, 0.25) is 0 Å². The Balaban J connectivity index is 1.72. The summed E-state index contributed by atoms with van der Waals surface area (Å²) in [6.07, 6.45) is 2.83. The second kappa shape index (κ2) is 5.94. The Hall–Kier alpha value is -1.92. The molecule has 3 rings (SSSR count). The van der Waals surface area contributed by atoms with E-state index in [-0.39, 0.29) is 17.4 Å². The Morgan fingerprint density at radius 1 is 1.13 bits per heavy atom. The highest BCUT2D eigenvalue weighted by Crippen LogP contribution is 2.46. The Morgan fingerprint density at radius 2 is 1.74 bits per heavy atom. The molecule has 0 atom stereocenters. The summed E-state index contributed by atoms with van der Waals surface area (Å²) in [7, 11) is 1.35. The van der Waals surface area contributed by atoms with Crippen molar-refractivity contribution in [2.45, 2.75) is 36.8 Å². The first-order valence-electron chi connectivity index (χ1n) is 7.87. The molecule has 1 aliphatic carbocycles. The number of amides is 1. The Labute approximate surface area is 135 Å². The number of nitrogens with one attached hydrogen (secondary N) is 1. The van der Waals surface area contributed by atoms with Crippen molar-refractivity contribution < 1.29 is 19.1 Å². The third-order valence-corrected chi connectivity index (χ3v) is 4.80. The predicted octanol–water partition coefficient (Wildman–Crippen LogP) is 1.09. The van der Waals surface area contributed by atoms with Gasteiger partial charge in [-0.05, 0) is 43.4 Å². The van der Waals surface area contributed by atoms with Gasteiger partial charge >= 0.3 is 5.97 Å². The molecule has 6 nitrogen and oxygen atoms in total. The van der Waals surface area contributed by atoms with E-state index in [1.165, 1.54) is 7.11 Å². The second-order valence-corrected chi connectivity index (χ2v) is 6.37. The Kier molecular flexibility index (Phi) is 4.12. The van der Waals surface area contributed by atoms with E-state index in [2.05, 4.69) is 5.32 Å². The van der Waals surface area contributed by atoms with Crippen molar-refractivity contribution in [2.24, 2.45) is 5.73 Å². The van der Waals surface area contributed by atoms with Gasteiger partial charge in [0.25, 0.3) is 0 Å². The standard InChI is InChI=1S/C17H22N2O4/c1-22-14(20)12-2-4-13(5-3-12)17(6-7-17)19-15(21)16(18)8-10-23-11-9-16/h2-5H,6-11,18H2,1H3,(H,19,21). The van der Waals surface area contributed by atoms with Crippen LogP contribution in [0.15, 0.2) is 24.3 Å². The van der Waals surface area contributed by atoms with E-state index in [0.29, 0.717) is 31.6 Å². The van der Waals surface area contributed by atoms with Crippen LogP contribution in [0.4, 0.5) is 0 Å². The minimum absolute atomic E-state index is 0.115. The first-order valence-corrected chi connectivity index (χ1v) is 7.87. The fourth-order valence-electron chi connectivity index (χ4n) is 2.96. The summed E-state index contributed by atoms with van der Waals surface area (Å²) < 4.78 is 9.99. The quantitative estimate of drug-likeness (QED) is 0.811. The molecule has 1 aromatic carbocycles. The number of esters is 1. The van der Waals surface area contributed by atoms with Crippen LogP contribution in [0.25, 0.3) is 0 Å². The number of ether oxygens (including phenoxy) is 2. The lowest BCUT2D eigenvalue weighted by atomic mass is 9.89. The summed E-state index contributed by atoms with van der Waals surface area (Å²) in [5, 5.41) is 3.12. The highest BCUT2D eigenvalue weighted by Gasteiger charge is 2.49. The molecule has 1 saturated carbocycles. The summed E-state index contributed by atoms with van der Waals surface area (Å²) in [6, 6.07) is 7.18. The van der Waals surface area contributed by atoms with Crippen LogP contribution in [0, 0.1) is 0 Å². The fourth-order valence-corrected chi connectivity index (χ4v) is 2.96. The third-order valence-electron chi connectivity index (χ3n) is 4.80. The van der Waals surface area contributed by atoms with Gasteiger partial charge in [-0.1, -0.05) is 12.1 Å². The summed E-state index contributed by atoms with van der Waals surface area (Å²) in [5.74, 6) is -0.483. The molecule has 1 amide bonds. The molecule has 0 unspecified atom stereocenters. The minimum Gasteiger partial charge on any atom is -0.465 e. The van der Waals surface area contributed by atoms with Crippen molar-refractivity contribution in [1.29, 1.82) is 0 Å². The molecule has 1 aliphatic heterocycles. The van der Waals surface area contributed by atoms with Crippen LogP contribution in [-0.4, -0.2) is 37.7 Å². The molecule has 1 aromatic rings. The molecule has 23 heavy (non-hydrogen) atoms. The van der Waals surface area contributed by atoms with E-state index in [4.69, 9.17) is 15.2 Å². The van der Waals surface area contributed by atoms with E-state index >= 15 is 0 Å². The van der Waals surface area contributed by atoms with Crippen molar-refractivity contribution >= 4 is 11.9 Å². The van der Waals surface area contributed by atoms with Crippen LogP contribution in [0.1, 0.15) is 41.6 Å². The number of methoxy groups -OCH3 is 1. The van der Waals surface area contributed by atoms with Gasteiger partial charge in [-0.3, -0.25) is 4.79 Å². The van der Waals surface area contributed by atoms with Crippen molar-refractivity contribution in [2.75, 3.05) is 20.3 Å². The van der Waals surface area contributed by atoms with Gasteiger partial charge < -0.3 is 20.5 Å². The van der Waals surface area contributed by atoms with E-state index < -0.39 is 5.54 Å². The van der Waals surface area contributed by atoms with E-state index in [1.807, 2.05) is 12.1 Å². The smallest absolute Gasteiger partial charge is 0.337 e. The first kappa shape index (κ1) is 16.0. The minimum atomic E-state index is -0.847. The predicted molar refractivity (Wildman–Crippen MR) is 83.8 cm³/mol. The number of hydrogen-bond donors (Lipinski definition) is 2. The van der Waals surface area contributed by atoms with E-state index in [9.17, 15) is 9.59 Å². The molecule has 1 saturated heterocycles. The summed E-state index contributed by atoms with van der Waals surface area (Å²) in [5.41, 5.74) is 6.54. The third kappa shape index (κ3) is 3.09. The topological polar surface area (TPSA) is 90.7 Å². The monoisotopic (exact) mass is 318 g/mol. The zero-order valence-corrected chi connectivity index (χ0v) is 13.3. The van der Waals surface area contributed by atoms with Crippen molar-refractivity contribution in [3.05, 3.63) is 35.4 Å². The van der Waals surface area contributed by atoms with E-state index in [1.54, 1.807) is 12.1 Å². The molecule has 124 valence electrons. The number of carbonyl (C=O) groups excluding carboxylic acids is 2. The van der Waals surface area contributed by atoms with Crippen LogP contribution >= 0.6 is 0 Å². The number of benzene rings is 1. The van der Waals surface area contributed by atoms with Crippen LogP contribution in [0.3, 0.4) is 0 Å². The van der Waals surface area contributed by atoms with Crippen LogP contribution in [0.5, 0.6) is 0 Å². The SMILES string of the molecule is COC(=O)c1ccc(C2(NC(=O)C3(N)CCOCC3)CC2)cc1. The highest BCUT2D eigenvalue weighted by atomic mass is 16.5. The lowest BCUT2D eigenvalue weighted by molar-refractivity contribution is -0.130.